The summed E-state index contributed by atoms with van der Waals surface area (Å²) in [4.78, 5) is 0.194. The Labute approximate surface area is 311 Å². The van der Waals surface area contributed by atoms with Crippen molar-refractivity contribution >= 4 is 30.1 Å². The molecule has 0 aromatic heterocycles. The molecule has 0 saturated heterocycles. The summed E-state index contributed by atoms with van der Waals surface area (Å²) in [5.74, 6) is 18.0. The Bertz CT molecular complexity index is 2220. The Morgan fingerprint density at radius 2 is 0.904 bits per heavy atom. The van der Waals surface area contributed by atoms with Crippen LogP contribution in [0.5, 0.6) is 0 Å². The molecule has 276 valence electrons. The van der Waals surface area contributed by atoms with Gasteiger partial charge in [0, 0.05) is 0 Å². The zero-order valence-corrected chi connectivity index (χ0v) is 33.1. The van der Waals surface area contributed by atoms with Crippen LogP contribution in [0.1, 0.15) is 56.7 Å². The second-order valence-corrected chi connectivity index (χ2v) is 19.0. The summed E-state index contributed by atoms with van der Waals surface area (Å²) in [6.07, 6.45) is 1.28. The van der Waals surface area contributed by atoms with Gasteiger partial charge < -0.3 is 0 Å². The molecule has 3 aromatic carbocycles. The number of benzene rings is 3. The summed E-state index contributed by atoms with van der Waals surface area (Å²) in [7, 11) is -12.4. The average Bonchev–Trinajstić information content (AvgIpc) is 3.09. The van der Waals surface area contributed by atoms with Gasteiger partial charge in [-0.05, 0) is 75.9 Å². The maximum absolute atomic E-state index is 14.3. The van der Waals surface area contributed by atoms with Crippen molar-refractivity contribution in [3.05, 3.63) is 89.5 Å². The molecular weight excluding hydrogens is 715 g/mol. The van der Waals surface area contributed by atoms with Gasteiger partial charge in [-0.1, -0.05) is 116 Å². The zero-order valence-electron chi connectivity index (χ0n) is 30.6. The monoisotopic (exact) mass is 761 g/mol. The smallest absolute Gasteiger partial charge is 0.207 e. The fourth-order valence-corrected chi connectivity index (χ4v) is 9.69. The molecule has 1 aliphatic rings. The molecule has 52 heavy (non-hydrogen) atoms. The standard InChI is InChI=1S/C40H47N3O6S3/c1-7-12-36-19-20-37(31-32(2)3)43(52(48,49)40-25-17-35(6)18-26-40)30-11-9-28-41(50(44,45)38-21-13-33(4)14-22-38)27-8-10-29-42(36)51(46,47)39-23-15-34(5)16-24-39/h13-18,21-26,32,36-37H,7,12,27-31H2,1-6H3/t36-,37+/m1/s1. The van der Waals surface area contributed by atoms with Gasteiger partial charge in [-0.15, -0.1) is 0 Å². The van der Waals surface area contributed by atoms with Crippen molar-refractivity contribution in [3.63, 3.8) is 0 Å². The van der Waals surface area contributed by atoms with Gasteiger partial charge in [0.2, 0.25) is 30.1 Å². The van der Waals surface area contributed by atoms with Crippen LogP contribution >= 0.6 is 0 Å². The van der Waals surface area contributed by atoms with Gasteiger partial charge in [0.1, 0.15) is 0 Å². The summed E-state index contributed by atoms with van der Waals surface area (Å²) in [6, 6.07) is 17.7. The second kappa shape index (κ2) is 17.7. The molecule has 0 aliphatic carbocycles. The molecule has 12 heteroatoms. The number of rotatable bonds is 10. The van der Waals surface area contributed by atoms with Crippen LogP contribution in [-0.2, 0) is 30.1 Å². The topological polar surface area (TPSA) is 112 Å². The molecule has 9 nitrogen and oxygen atoms in total. The molecular formula is C40H47N3O6S3. The largest absolute Gasteiger partial charge is 0.245 e. The van der Waals surface area contributed by atoms with E-state index in [2.05, 4.69) is 35.5 Å². The van der Waals surface area contributed by atoms with Crippen molar-refractivity contribution in [2.24, 2.45) is 5.92 Å². The molecule has 2 atom stereocenters. The van der Waals surface area contributed by atoms with E-state index in [4.69, 9.17) is 0 Å². The Morgan fingerprint density at radius 1 is 0.558 bits per heavy atom. The summed E-state index contributed by atoms with van der Waals surface area (Å²) >= 11 is 0. The molecule has 0 spiro atoms. The fourth-order valence-electron chi connectivity index (χ4n) is 5.51. The van der Waals surface area contributed by atoms with Crippen molar-refractivity contribution in [2.45, 2.75) is 87.6 Å². The molecule has 0 bridgehead atoms. The lowest BCUT2D eigenvalue weighted by atomic mass is 10.0. The fraction of sp³-hybridized carbons (Fsp3) is 0.400. The summed E-state index contributed by atoms with van der Waals surface area (Å²) in [5, 5.41) is 0. The van der Waals surface area contributed by atoms with Crippen molar-refractivity contribution in [2.75, 3.05) is 26.2 Å². The lowest BCUT2D eigenvalue weighted by Gasteiger charge is -2.29. The normalized spacial score (nSPS) is 18.5. The van der Waals surface area contributed by atoms with Crippen LogP contribution in [0, 0.1) is 62.2 Å². The minimum absolute atomic E-state index is 0.0168. The Hall–Kier alpha value is -3.93. The maximum Gasteiger partial charge on any atom is 0.245 e. The Balaban J connectivity index is 1.93. The molecule has 0 saturated carbocycles. The van der Waals surface area contributed by atoms with Crippen molar-refractivity contribution in [1.82, 2.24) is 12.9 Å². The molecule has 0 amide bonds. The van der Waals surface area contributed by atoms with Crippen molar-refractivity contribution in [3.8, 4) is 35.5 Å². The molecule has 1 aliphatic heterocycles. The maximum atomic E-state index is 14.3. The van der Waals surface area contributed by atoms with Gasteiger partial charge in [-0.2, -0.15) is 12.9 Å². The summed E-state index contributed by atoms with van der Waals surface area (Å²) in [5.41, 5.74) is 2.67. The third-order valence-corrected chi connectivity index (χ3v) is 14.1. The van der Waals surface area contributed by atoms with E-state index < -0.39 is 42.2 Å². The molecule has 3 aromatic rings. The van der Waals surface area contributed by atoms with Crippen LogP contribution in [-0.4, -0.2) is 76.4 Å². The first-order valence-corrected chi connectivity index (χ1v) is 21.6. The minimum Gasteiger partial charge on any atom is -0.207 e. The second-order valence-electron chi connectivity index (χ2n) is 13.3. The van der Waals surface area contributed by atoms with E-state index in [1.807, 2.05) is 41.5 Å². The van der Waals surface area contributed by atoms with Gasteiger partial charge in [-0.25, -0.2) is 25.3 Å². The van der Waals surface area contributed by atoms with Crippen molar-refractivity contribution in [1.29, 1.82) is 0 Å². The Kier molecular flexibility index (Phi) is 13.9. The lowest BCUT2D eigenvalue weighted by Crippen LogP contribution is -2.42. The first-order valence-electron chi connectivity index (χ1n) is 17.2. The average molecular weight is 762 g/mol. The number of aryl methyl sites for hydroxylation is 3. The SMILES string of the molecule is CCC[C@@H]1C#C[C@@H](CC(C)C)N(S(=O)(=O)c2ccc(C)cc2)CC#CCN(S(=O)(=O)c2ccc(C)cc2)CC#CCN1S(=O)(=O)c1ccc(C)cc1. The van der Waals surface area contributed by atoms with Gasteiger partial charge in [-0.3, -0.25) is 0 Å². The summed E-state index contributed by atoms with van der Waals surface area (Å²) in [6.45, 7) is 10.3. The van der Waals surface area contributed by atoms with Crippen LogP contribution in [0.3, 0.4) is 0 Å². The van der Waals surface area contributed by atoms with E-state index >= 15 is 0 Å². The highest BCUT2D eigenvalue weighted by Gasteiger charge is 2.33. The third-order valence-electron chi connectivity index (χ3n) is 8.51. The van der Waals surface area contributed by atoms with E-state index in [0.717, 1.165) is 21.0 Å². The highest BCUT2D eigenvalue weighted by atomic mass is 32.2. The molecule has 0 N–H and O–H groups in total. The van der Waals surface area contributed by atoms with Crippen LogP contribution < -0.4 is 0 Å². The summed E-state index contributed by atoms with van der Waals surface area (Å²) < 4.78 is 88.4. The zero-order chi connectivity index (χ0) is 38.1. The molecule has 0 unspecified atom stereocenters. The van der Waals surface area contributed by atoms with Gasteiger partial charge in [0.15, 0.2) is 0 Å². The predicted molar refractivity (Wildman–Crippen MR) is 205 cm³/mol. The van der Waals surface area contributed by atoms with E-state index in [9.17, 15) is 25.3 Å². The van der Waals surface area contributed by atoms with E-state index in [-0.39, 0.29) is 46.8 Å². The van der Waals surface area contributed by atoms with E-state index in [0.29, 0.717) is 19.3 Å². The highest BCUT2D eigenvalue weighted by Crippen LogP contribution is 2.24. The number of nitrogens with zero attached hydrogens (tertiary/aromatic N) is 3. The minimum atomic E-state index is -4.15. The number of hydrogen-bond donors (Lipinski definition) is 0. The molecule has 0 fully saturated rings. The first-order chi connectivity index (χ1) is 24.6. The predicted octanol–water partition coefficient (Wildman–Crippen LogP) is 5.59. The Morgan fingerprint density at radius 3 is 1.29 bits per heavy atom. The van der Waals surface area contributed by atoms with Crippen LogP contribution in [0.15, 0.2) is 87.5 Å². The van der Waals surface area contributed by atoms with Crippen LogP contribution in [0.2, 0.25) is 0 Å². The van der Waals surface area contributed by atoms with E-state index in [1.165, 1.54) is 45.0 Å². The molecule has 0 radical (unpaired) electrons. The number of hydrogen-bond acceptors (Lipinski definition) is 6. The van der Waals surface area contributed by atoms with Crippen molar-refractivity contribution < 1.29 is 25.3 Å². The van der Waals surface area contributed by atoms with Gasteiger partial charge in [0.05, 0.1) is 52.9 Å². The van der Waals surface area contributed by atoms with Gasteiger partial charge in [0.25, 0.3) is 0 Å². The number of sulfonamides is 3. The first kappa shape index (κ1) is 40.8. The van der Waals surface area contributed by atoms with Crippen LogP contribution in [0.4, 0.5) is 0 Å². The lowest BCUT2D eigenvalue weighted by molar-refractivity contribution is 0.352. The molecule has 1 heterocycles. The van der Waals surface area contributed by atoms with E-state index in [1.54, 1.807) is 36.4 Å². The van der Waals surface area contributed by atoms with Crippen LogP contribution in [0.25, 0.3) is 0 Å². The van der Waals surface area contributed by atoms with Gasteiger partial charge >= 0.3 is 0 Å². The highest BCUT2D eigenvalue weighted by molar-refractivity contribution is 7.89. The third kappa shape index (κ3) is 10.1. The molecule has 4 rings (SSSR count). The quantitative estimate of drug-likeness (QED) is 0.249.